The Hall–Kier alpha value is 0.300. The molecule has 0 saturated carbocycles. The summed E-state index contributed by atoms with van der Waals surface area (Å²) in [6.07, 6.45) is 2.01. The lowest BCUT2D eigenvalue weighted by Crippen LogP contribution is -2.31. The van der Waals surface area contributed by atoms with Gasteiger partial charge in [0.25, 0.3) is 0 Å². The van der Waals surface area contributed by atoms with Crippen LogP contribution in [0.15, 0.2) is 0 Å². The molecular weight excluding hydrogens is 236 g/mol. The van der Waals surface area contributed by atoms with Crippen molar-refractivity contribution < 1.29 is 9.53 Å². The molecule has 80 valence electrons. The molecule has 1 fully saturated rings. The van der Waals surface area contributed by atoms with Crippen molar-refractivity contribution in [2.45, 2.75) is 18.9 Å². The van der Waals surface area contributed by atoms with Gasteiger partial charge in [0, 0.05) is 0 Å². The molecule has 0 aromatic heterocycles. The molecule has 0 amide bonds. The Kier molecular flexibility index (Phi) is 12.6. The van der Waals surface area contributed by atoms with Gasteiger partial charge in [-0.3, -0.25) is 4.79 Å². The zero-order valence-electron chi connectivity index (χ0n) is 7.39. The Morgan fingerprint density at radius 1 is 1.62 bits per heavy atom. The van der Waals surface area contributed by atoms with Crippen molar-refractivity contribution in [3.05, 3.63) is 0 Å². The number of hydrogen-bond acceptors (Lipinski definition) is 3. The largest absolute Gasteiger partial charge is 0.468 e. The Morgan fingerprint density at radius 2 is 2.15 bits per heavy atom. The van der Waals surface area contributed by atoms with E-state index in [4.69, 9.17) is 23.2 Å². The SMILES string of the molecule is COC(=O)[C@@H]1CCCN1.Cl.ClCCl. The van der Waals surface area contributed by atoms with Gasteiger partial charge in [-0.15, -0.1) is 35.6 Å². The number of halogens is 3. The van der Waals surface area contributed by atoms with Crippen LogP contribution < -0.4 is 5.32 Å². The van der Waals surface area contributed by atoms with E-state index in [1.54, 1.807) is 0 Å². The maximum atomic E-state index is 10.7. The minimum absolute atomic E-state index is 0. The standard InChI is InChI=1S/C6H11NO2.CH2Cl2.ClH/c1-9-6(8)5-3-2-4-7-5;2-1-3;/h5,7H,2-4H2,1H3;1H2;1H/t5-;;/m0../s1. The average Bonchev–Trinajstić information content (AvgIpc) is 2.56. The molecule has 0 aliphatic carbocycles. The van der Waals surface area contributed by atoms with Gasteiger partial charge in [0.05, 0.1) is 12.4 Å². The third-order valence-corrected chi connectivity index (χ3v) is 1.55. The number of rotatable bonds is 1. The van der Waals surface area contributed by atoms with Gasteiger partial charge in [0.2, 0.25) is 0 Å². The quantitative estimate of drug-likeness (QED) is 0.569. The molecule has 0 aromatic rings. The first-order chi connectivity index (χ1) is 5.76. The molecule has 1 heterocycles. The van der Waals surface area contributed by atoms with E-state index in [9.17, 15) is 4.79 Å². The molecule has 1 atom stereocenters. The number of methoxy groups -OCH3 is 1. The molecule has 13 heavy (non-hydrogen) atoms. The van der Waals surface area contributed by atoms with E-state index < -0.39 is 0 Å². The molecule has 3 nitrogen and oxygen atoms in total. The minimum atomic E-state index is -0.132. The summed E-state index contributed by atoms with van der Waals surface area (Å²) in [6, 6.07) is -0.0324. The Bertz CT molecular complexity index is 129. The molecule has 0 aromatic carbocycles. The first kappa shape index (κ1) is 15.8. The molecule has 1 aliphatic heterocycles. The number of ether oxygens (including phenoxy) is 1. The molecular formula is C7H14Cl3NO2. The summed E-state index contributed by atoms with van der Waals surface area (Å²) < 4.78 is 4.53. The predicted molar refractivity (Wildman–Crippen MR) is 56.9 cm³/mol. The summed E-state index contributed by atoms with van der Waals surface area (Å²) >= 11 is 9.53. The number of esters is 1. The van der Waals surface area contributed by atoms with Gasteiger partial charge < -0.3 is 10.1 Å². The summed E-state index contributed by atoms with van der Waals surface area (Å²) in [5.74, 6) is -0.132. The molecule has 1 aliphatic rings. The topological polar surface area (TPSA) is 38.3 Å². The van der Waals surface area contributed by atoms with Crippen LogP contribution in [0.3, 0.4) is 0 Å². The summed E-state index contributed by atoms with van der Waals surface area (Å²) in [6.45, 7) is 0.944. The van der Waals surface area contributed by atoms with Gasteiger partial charge in [-0.05, 0) is 19.4 Å². The van der Waals surface area contributed by atoms with Crippen molar-refractivity contribution in [1.29, 1.82) is 0 Å². The summed E-state index contributed by atoms with van der Waals surface area (Å²) in [5, 5.41) is 3.23. The van der Waals surface area contributed by atoms with Gasteiger partial charge in [0.1, 0.15) is 6.04 Å². The number of alkyl halides is 2. The lowest BCUT2D eigenvalue weighted by atomic mass is 10.2. The van der Waals surface area contributed by atoms with Gasteiger partial charge in [-0.25, -0.2) is 0 Å². The van der Waals surface area contributed by atoms with Crippen LogP contribution in [0.1, 0.15) is 12.8 Å². The normalized spacial score (nSPS) is 19.5. The van der Waals surface area contributed by atoms with Gasteiger partial charge in [-0.1, -0.05) is 0 Å². The Balaban J connectivity index is 0. The first-order valence-corrected chi connectivity index (χ1v) is 4.76. The lowest BCUT2D eigenvalue weighted by Gasteiger charge is -2.04. The molecule has 0 bridgehead atoms. The molecule has 1 N–H and O–H groups in total. The number of carbonyl (C=O) groups is 1. The summed E-state index contributed by atoms with van der Waals surface area (Å²) in [5.41, 5.74) is 0. The van der Waals surface area contributed by atoms with Crippen LogP contribution in [0.2, 0.25) is 0 Å². The van der Waals surface area contributed by atoms with Crippen molar-refractivity contribution in [2.24, 2.45) is 0 Å². The molecule has 6 heteroatoms. The van der Waals surface area contributed by atoms with Crippen molar-refractivity contribution in [3.63, 3.8) is 0 Å². The fraction of sp³-hybridized carbons (Fsp3) is 0.857. The van der Waals surface area contributed by atoms with Crippen molar-refractivity contribution in [3.8, 4) is 0 Å². The monoisotopic (exact) mass is 249 g/mol. The third-order valence-electron chi connectivity index (χ3n) is 1.55. The highest BCUT2D eigenvalue weighted by Gasteiger charge is 2.21. The van der Waals surface area contributed by atoms with Gasteiger partial charge >= 0.3 is 5.97 Å². The van der Waals surface area contributed by atoms with Crippen LogP contribution in [0.5, 0.6) is 0 Å². The van der Waals surface area contributed by atoms with Crippen LogP contribution in [-0.4, -0.2) is 31.0 Å². The van der Waals surface area contributed by atoms with E-state index in [1.165, 1.54) is 7.11 Å². The number of carbonyl (C=O) groups excluding carboxylic acids is 1. The van der Waals surface area contributed by atoms with E-state index in [2.05, 4.69) is 10.1 Å². The van der Waals surface area contributed by atoms with Crippen molar-refractivity contribution >= 4 is 41.6 Å². The van der Waals surface area contributed by atoms with Crippen LogP contribution in [0.4, 0.5) is 0 Å². The van der Waals surface area contributed by atoms with Crippen LogP contribution in [0.25, 0.3) is 0 Å². The maximum absolute atomic E-state index is 10.7. The Labute approximate surface area is 94.5 Å². The minimum Gasteiger partial charge on any atom is -0.468 e. The van der Waals surface area contributed by atoms with Crippen LogP contribution in [-0.2, 0) is 9.53 Å². The van der Waals surface area contributed by atoms with Crippen molar-refractivity contribution in [2.75, 3.05) is 19.0 Å². The fourth-order valence-electron chi connectivity index (χ4n) is 1.03. The summed E-state index contributed by atoms with van der Waals surface area (Å²) in [4.78, 5) is 10.7. The lowest BCUT2D eigenvalue weighted by molar-refractivity contribution is -0.142. The summed E-state index contributed by atoms with van der Waals surface area (Å²) in [7, 11) is 1.42. The van der Waals surface area contributed by atoms with E-state index in [-0.39, 0.29) is 29.8 Å². The smallest absolute Gasteiger partial charge is 0.322 e. The predicted octanol–water partition coefficient (Wildman–Crippen LogP) is 1.75. The highest BCUT2D eigenvalue weighted by molar-refractivity contribution is 6.40. The molecule has 0 unspecified atom stereocenters. The second-order valence-corrected chi connectivity index (χ2v) is 3.08. The first-order valence-electron chi connectivity index (χ1n) is 3.69. The van der Waals surface area contributed by atoms with Crippen molar-refractivity contribution in [1.82, 2.24) is 5.32 Å². The average molecular weight is 251 g/mol. The van der Waals surface area contributed by atoms with E-state index in [0.29, 0.717) is 0 Å². The zero-order valence-corrected chi connectivity index (χ0v) is 9.71. The molecule has 1 saturated heterocycles. The fourth-order valence-corrected chi connectivity index (χ4v) is 1.03. The van der Waals surface area contributed by atoms with Gasteiger partial charge in [0.15, 0.2) is 0 Å². The van der Waals surface area contributed by atoms with Crippen LogP contribution in [0, 0.1) is 0 Å². The second-order valence-electron chi connectivity index (χ2n) is 2.27. The number of nitrogens with one attached hydrogen (secondary N) is 1. The highest BCUT2D eigenvalue weighted by atomic mass is 35.5. The maximum Gasteiger partial charge on any atom is 0.322 e. The molecule has 0 radical (unpaired) electrons. The highest BCUT2D eigenvalue weighted by Crippen LogP contribution is 2.05. The molecule has 0 spiro atoms. The molecule has 1 rings (SSSR count). The second kappa shape index (κ2) is 10.4. The van der Waals surface area contributed by atoms with Crippen LogP contribution >= 0.6 is 35.6 Å². The Morgan fingerprint density at radius 3 is 2.46 bits per heavy atom. The third kappa shape index (κ3) is 7.38. The van der Waals surface area contributed by atoms with E-state index >= 15 is 0 Å². The van der Waals surface area contributed by atoms with E-state index in [1.807, 2.05) is 0 Å². The van der Waals surface area contributed by atoms with Gasteiger partial charge in [-0.2, -0.15) is 0 Å². The van der Waals surface area contributed by atoms with E-state index in [0.717, 1.165) is 19.4 Å². The zero-order chi connectivity index (χ0) is 9.40. The number of hydrogen-bond donors (Lipinski definition) is 1.